The third kappa shape index (κ3) is 9.37. The van der Waals surface area contributed by atoms with E-state index in [0.717, 1.165) is 0 Å². The summed E-state index contributed by atoms with van der Waals surface area (Å²) < 4.78 is 10.5. The fraction of sp³-hybridized carbons (Fsp3) is 0.818. The molecule has 0 aromatic heterocycles. The Bertz CT molecular complexity index is 727. The van der Waals surface area contributed by atoms with E-state index in [1.165, 1.54) is 0 Å². The highest BCUT2D eigenvalue weighted by molar-refractivity contribution is 9.10. The lowest BCUT2D eigenvalue weighted by Crippen LogP contribution is -2.54. The van der Waals surface area contributed by atoms with E-state index in [9.17, 15) is 19.2 Å². The van der Waals surface area contributed by atoms with E-state index in [1.807, 2.05) is 55.4 Å². The first kappa shape index (κ1) is 28.9. The van der Waals surface area contributed by atoms with Crippen LogP contribution in [0.2, 0.25) is 0 Å². The Morgan fingerprint density at radius 1 is 0.875 bits per heavy atom. The highest BCUT2D eigenvalue weighted by Crippen LogP contribution is 2.29. The topological polar surface area (TPSA) is 93.2 Å². The summed E-state index contributed by atoms with van der Waals surface area (Å²) in [6, 6.07) is 0. The Morgan fingerprint density at radius 3 is 1.72 bits per heavy atom. The van der Waals surface area contributed by atoms with E-state index >= 15 is 0 Å². The van der Waals surface area contributed by atoms with Crippen LogP contribution >= 0.6 is 31.9 Å². The largest absolute Gasteiger partial charge is 0.444 e. The molecule has 0 aromatic carbocycles. The molecule has 10 heteroatoms. The molecule has 0 aromatic rings. The van der Waals surface area contributed by atoms with Gasteiger partial charge in [-0.3, -0.25) is 9.59 Å². The molecule has 8 nitrogen and oxygen atoms in total. The number of carbonyl (C=O) groups excluding carboxylic acids is 4. The van der Waals surface area contributed by atoms with Crippen LogP contribution in [0.1, 0.15) is 61.8 Å². The first-order chi connectivity index (χ1) is 14.3. The average Bonchev–Trinajstić information content (AvgIpc) is 2.59. The van der Waals surface area contributed by atoms with Crippen molar-refractivity contribution < 1.29 is 28.7 Å². The van der Waals surface area contributed by atoms with Crippen molar-refractivity contribution in [3.05, 3.63) is 0 Å². The van der Waals surface area contributed by atoms with E-state index < -0.39 is 16.6 Å². The molecule has 184 valence electrons. The molecule has 32 heavy (non-hydrogen) atoms. The summed E-state index contributed by atoms with van der Waals surface area (Å²) in [7, 11) is 0. The molecule has 2 aliphatic rings. The van der Waals surface area contributed by atoms with Gasteiger partial charge in [-0.05, 0) is 41.5 Å². The van der Waals surface area contributed by atoms with Crippen molar-refractivity contribution in [1.82, 2.24) is 9.80 Å². The number of hydrogen-bond acceptors (Lipinski definition) is 6. The molecule has 0 spiro atoms. The molecule has 2 unspecified atom stereocenters. The standard InChI is InChI=1S/C12H20BrNO3.C10H16BrNO3/c1-11(2,3)17-10(16)14-6-8(13)9(15)12(4,5)7-14;1-10(2,3)15-9(14)12-5-4-8(13)7(11)6-12/h8H,6-7H2,1-5H3;7H,4-6H2,1-3H3. The Morgan fingerprint density at radius 2 is 1.31 bits per heavy atom. The minimum atomic E-state index is -0.524. The minimum Gasteiger partial charge on any atom is -0.444 e. The third-order valence-corrected chi connectivity index (χ3v) is 6.09. The van der Waals surface area contributed by atoms with Gasteiger partial charge in [0.2, 0.25) is 0 Å². The van der Waals surface area contributed by atoms with Crippen molar-refractivity contribution in [3.63, 3.8) is 0 Å². The summed E-state index contributed by atoms with van der Waals surface area (Å²) in [5.41, 5.74) is -1.52. The Balaban J connectivity index is 0.000000323. The van der Waals surface area contributed by atoms with Gasteiger partial charge in [-0.25, -0.2) is 9.59 Å². The molecule has 0 bridgehead atoms. The van der Waals surface area contributed by atoms with Gasteiger partial charge in [0, 0.05) is 38.0 Å². The van der Waals surface area contributed by atoms with Crippen LogP contribution in [0.25, 0.3) is 0 Å². The molecule has 0 radical (unpaired) electrons. The number of likely N-dealkylation sites (tertiary alicyclic amines) is 2. The number of piperidine rings is 2. The molecule has 2 atom stereocenters. The van der Waals surface area contributed by atoms with E-state index in [2.05, 4.69) is 31.9 Å². The number of alkyl halides is 2. The highest BCUT2D eigenvalue weighted by Gasteiger charge is 2.42. The first-order valence-electron chi connectivity index (χ1n) is 10.6. The molecule has 2 aliphatic heterocycles. The second-order valence-electron chi connectivity index (χ2n) is 10.7. The summed E-state index contributed by atoms with van der Waals surface area (Å²) in [6.07, 6.45) is -0.309. The van der Waals surface area contributed by atoms with Crippen molar-refractivity contribution in [2.24, 2.45) is 5.41 Å². The number of hydrogen-bond donors (Lipinski definition) is 0. The van der Waals surface area contributed by atoms with Crippen LogP contribution in [0, 0.1) is 5.41 Å². The predicted molar refractivity (Wildman–Crippen MR) is 129 cm³/mol. The molecule has 2 heterocycles. The lowest BCUT2D eigenvalue weighted by Gasteiger charge is -2.39. The van der Waals surface area contributed by atoms with Gasteiger partial charge in [0.25, 0.3) is 0 Å². The van der Waals surface area contributed by atoms with Gasteiger partial charge in [0.05, 0.1) is 9.65 Å². The van der Waals surface area contributed by atoms with E-state index in [0.29, 0.717) is 32.6 Å². The molecule has 0 aliphatic carbocycles. The normalized spacial score (nSPS) is 23.8. The second kappa shape index (κ2) is 10.8. The molecule has 2 fully saturated rings. The van der Waals surface area contributed by atoms with Crippen molar-refractivity contribution in [1.29, 1.82) is 0 Å². The molecule has 0 saturated carbocycles. The molecular formula is C22H36Br2N2O6. The van der Waals surface area contributed by atoms with Crippen LogP contribution in [0.4, 0.5) is 9.59 Å². The lowest BCUT2D eigenvalue weighted by atomic mass is 9.83. The summed E-state index contributed by atoms with van der Waals surface area (Å²) in [5, 5.41) is 0. The van der Waals surface area contributed by atoms with Crippen LogP contribution in [-0.4, -0.2) is 80.6 Å². The van der Waals surface area contributed by atoms with Gasteiger partial charge in [-0.2, -0.15) is 0 Å². The number of amides is 2. The van der Waals surface area contributed by atoms with Gasteiger partial charge in [0.1, 0.15) is 17.0 Å². The number of rotatable bonds is 0. The van der Waals surface area contributed by atoms with Gasteiger partial charge in [0.15, 0.2) is 5.78 Å². The molecule has 2 amide bonds. The summed E-state index contributed by atoms with van der Waals surface area (Å²) in [6.45, 7) is 16.3. The predicted octanol–water partition coefficient (Wildman–Crippen LogP) is 4.56. The van der Waals surface area contributed by atoms with Crippen molar-refractivity contribution in [2.45, 2.75) is 82.7 Å². The maximum Gasteiger partial charge on any atom is 0.410 e. The third-order valence-electron chi connectivity index (χ3n) is 4.58. The number of Topliss-reactive ketones (excluding diaryl/α,β-unsaturated/α-hetero) is 2. The SMILES string of the molecule is CC(C)(C)OC(=O)N1CC(Br)C(=O)C(C)(C)C1.CC(C)(C)OC(=O)N1CCC(=O)C(Br)C1. The summed E-state index contributed by atoms with van der Waals surface area (Å²) in [5.74, 6) is 0.284. The van der Waals surface area contributed by atoms with E-state index in [1.54, 1.807) is 9.80 Å². The van der Waals surface area contributed by atoms with Crippen LogP contribution in [0.3, 0.4) is 0 Å². The fourth-order valence-corrected chi connectivity index (χ4v) is 4.61. The summed E-state index contributed by atoms with van der Waals surface area (Å²) >= 11 is 6.56. The number of ether oxygens (including phenoxy) is 2. The number of ketones is 2. The number of halogens is 2. The number of nitrogens with zero attached hydrogens (tertiary/aromatic N) is 2. The van der Waals surface area contributed by atoms with Crippen LogP contribution in [-0.2, 0) is 19.1 Å². The summed E-state index contributed by atoms with van der Waals surface area (Å²) in [4.78, 5) is 49.3. The second-order valence-corrected chi connectivity index (χ2v) is 12.9. The Hall–Kier alpha value is -1.16. The molecule has 0 N–H and O–H groups in total. The molecular weight excluding hydrogens is 548 g/mol. The highest BCUT2D eigenvalue weighted by atomic mass is 79.9. The van der Waals surface area contributed by atoms with Gasteiger partial charge in [-0.15, -0.1) is 0 Å². The Kier molecular flexibility index (Phi) is 9.78. The van der Waals surface area contributed by atoms with Gasteiger partial charge >= 0.3 is 12.2 Å². The minimum absolute atomic E-state index is 0.136. The fourth-order valence-electron chi connectivity index (χ4n) is 3.07. The smallest absolute Gasteiger partial charge is 0.410 e. The van der Waals surface area contributed by atoms with Gasteiger partial charge in [-0.1, -0.05) is 45.7 Å². The average molecular weight is 584 g/mol. The van der Waals surface area contributed by atoms with Gasteiger partial charge < -0.3 is 19.3 Å². The zero-order valence-electron chi connectivity index (χ0n) is 20.3. The van der Waals surface area contributed by atoms with Crippen molar-refractivity contribution in [3.8, 4) is 0 Å². The maximum absolute atomic E-state index is 11.9. The van der Waals surface area contributed by atoms with Crippen molar-refractivity contribution in [2.75, 3.05) is 26.2 Å². The lowest BCUT2D eigenvalue weighted by molar-refractivity contribution is -0.130. The van der Waals surface area contributed by atoms with Crippen LogP contribution in [0.15, 0.2) is 0 Å². The maximum atomic E-state index is 11.9. The van der Waals surface area contributed by atoms with E-state index in [-0.39, 0.29) is 33.4 Å². The monoisotopic (exact) mass is 582 g/mol. The van der Waals surface area contributed by atoms with Crippen LogP contribution in [0.5, 0.6) is 0 Å². The molecule has 2 saturated heterocycles. The van der Waals surface area contributed by atoms with Crippen LogP contribution < -0.4 is 0 Å². The molecule has 2 rings (SSSR count). The van der Waals surface area contributed by atoms with E-state index in [4.69, 9.17) is 9.47 Å². The quantitative estimate of drug-likeness (QED) is 0.388. The first-order valence-corrected chi connectivity index (χ1v) is 12.5. The van der Waals surface area contributed by atoms with Crippen molar-refractivity contribution >= 4 is 55.6 Å². The Labute approximate surface area is 208 Å². The number of carbonyl (C=O) groups is 4. The zero-order valence-corrected chi connectivity index (χ0v) is 23.5. The zero-order chi connectivity index (χ0) is 25.1.